The van der Waals surface area contributed by atoms with Crippen LogP contribution in [0.25, 0.3) is 0 Å². The van der Waals surface area contributed by atoms with Gasteiger partial charge in [-0.2, -0.15) is 12.6 Å². The molecular formula is C12H24S. The van der Waals surface area contributed by atoms with Crippen LogP contribution in [0.2, 0.25) is 0 Å². The zero-order chi connectivity index (χ0) is 9.78. The fourth-order valence-corrected chi connectivity index (χ4v) is 1.52. The zero-order valence-corrected chi connectivity index (χ0v) is 9.86. The van der Waals surface area contributed by atoms with Gasteiger partial charge >= 0.3 is 0 Å². The molecule has 0 rings (SSSR count). The lowest BCUT2D eigenvalue weighted by Crippen LogP contribution is -1.76. The lowest BCUT2D eigenvalue weighted by atomic mass is 10.1. The Bertz CT molecular complexity index is 108. The predicted molar refractivity (Wildman–Crippen MR) is 65.6 cm³/mol. The average molecular weight is 200 g/mol. The summed E-state index contributed by atoms with van der Waals surface area (Å²) < 4.78 is 0. The van der Waals surface area contributed by atoms with Crippen LogP contribution in [-0.4, -0.2) is 5.75 Å². The van der Waals surface area contributed by atoms with E-state index < -0.39 is 0 Å². The van der Waals surface area contributed by atoms with Gasteiger partial charge in [-0.1, -0.05) is 38.3 Å². The highest BCUT2D eigenvalue weighted by atomic mass is 32.1. The van der Waals surface area contributed by atoms with Crippen molar-refractivity contribution in [1.82, 2.24) is 0 Å². The molecule has 0 atom stereocenters. The summed E-state index contributed by atoms with van der Waals surface area (Å²) in [6.45, 7) is 2.26. The molecule has 0 N–H and O–H groups in total. The van der Waals surface area contributed by atoms with E-state index in [1.165, 1.54) is 51.4 Å². The topological polar surface area (TPSA) is 0 Å². The fraction of sp³-hybridized carbons (Fsp3) is 0.833. The molecule has 0 aromatic heterocycles. The molecule has 0 saturated heterocycles. The second-order valence-electron chi connectivity index (χ2n) is 3.54. The highest BCUT2D eigenvalue weighted by molar-refractivity contribution is 7.80. The van der Waals surface area contributed by atoms with Crippen molar-refractivity contribution in [2.45, 2.75) is 58.3 Å². The minimum Gasteiger partial charge on any atom is -0.179 e. The van der Waals surface area contributed by atoms with E-state index in [0.29, 0.717) is 0 Å². The SMILES string of the molecule is CCCCCCC=CCCCCS. The van der Waals surface area contributed by atoms with Crippen LogP contribution in [0.4, 0.5) is 0 Å². The van der Waals surface area contributed by atoms with Crippen LogP contribution in [0.5, 0.6) is 0 Å². The maximum atomic E-state index is 4.18. The Morgan fingerprint density at radius 3 is 2.00 bits per heavy atom. The minimum absolute atomic E-state index is 1.03. The van der Waals surface area contributed by atoms with Gasteiger partial charge in [0.15, 0.2) is 0 Å². The summed E-state index contributed by atoms with van der Waals surface area (Å²) in [6, 6.07) is 0. The van der Waals surface area contributed by atoms with Crippen LogP contribution in [-0.2, 0) is 0 Å². The molecule has 0 bridgehead atoms. The van der Waals surface area contributed by atoms with E-state index in [0.717, 1.165) is 5.75 Å². The van der Waals surface area contributed by atoms with Gasteiger partial charge in [-0.15, -0.1) is 0 Å². The van der Waals surface area contributed by atoms with Gasteiger partial charge in [0, 0.05) is 0 Å². The maximum absolute atomic E-state index is 4.18. The molecule has 0 aromatic carbocycles. The first-order chi connectivity index (χ1) is 6.41. The third-order valence-corrected chi connectivity index (χ3v) is 2.49. The number of hydrogen-bond donors (Lipinski definition) is 1. The standard InChI is InChI=1S/C12H24S/c1-2-3-4-5-6-7-8-9-10-11-12-13/h7-8,13H,2-6,9-12H2,1H3. The first-order valence-corrected chi connectivity index (χ1v) is 6.31. The molecule has 0 unspecified atom stereocenters. The minimum atomic E-state index is 1.03. The van der Waals surface area contributed by atoms with Crippen LogP contribution in [0.1, 0.15) is 58.3 Å². The Labute approximate surface area is 89.2 Å². The molecule has 0 aromatic rings. The molecular weight excluding hydrogens is 176 g/mol. The maximum Gasteiger partial charge on any atom is -0.00978 e. The predicted octanol–water partition coefficient (Wildman–Crippen LogP) is 4.61. The normalized spacial score (nSPS) is 11.2. The molecule has 0 heterocycles. The van der Waals surface area contributed by atoms with Crippen LogP contribution in [0.3, 0.4) is 0 Å². The van der Waals surface area contributed by atoms with Crippen LogP contribution in [0, 0.1) is 0 Å². The lowest BCUT2D eigenvalue weighted by molar-refractivity contribution is 0.673. The smallest absolute Gasteiger partial charge is 0.00978 e. The third-order valence-electron chi connectivity index (χ3n) is 2.17. The van der Waals surface area contributed by atoms with Crippen LogP contribution < -0.4 is 0 Å². The summed E-state index contributed by atoms with van der Waals surface area (Å²) in [7, 11) is 0. The molecule has 0 aliphatic rings. The second-order valence-corrected chi connectivity index (χ2v) is 3.99. The number of unbranched alkanes of at least 4 members (excludes halogenated alkanes) is 6. The van der Waals surface area contributed by atoms with Crippen molar-refractivity contribution < 1.29 is 0 Å². The summed E-state index contributed by atoms with van der Waals surface area (Å²) in [5, 5.41) is 0. The molecule has 0 amide bonds. The van der Waals surface area contributed by atoms with Crippen LogP contribution in [0.15, 0.2) is 12.2 Å². The average Bonchev–Trinajstić information content (AvgIpc) is 2.16. The highest BCUT2D eigenvalue weighted by Gasteiger charge is 1.85. The molecule has 0 aliphatic heterocycles. The Morgan fingerprint density at radius 2 is 1.46 bits per heavy atom. The Balaban J connectivity index is 2.95. The molecule has 0 fully saturated rings. The van der Waals surface area contributed by atoms with E-state index in [-0.39, 0.29) is 0 Å². The molecule has 0 spiro atoms. The molecule has 0 nitrogen and oxygen atoms in total. The summed E-state index contributed by atoms with van der Waals surface area (Å²) in [4.78, 5) is 0. The molecule has 0 saturated carbocycles. The van der Waals surface area contributed by atoms with E-state index in [2.05, 4.69) is 31.7 Å². The van der Waals surface area contributed by atoms with Gasteiger partial charge in [0.1, 0.15) is 0 Å². The molecule has 78 valence electrons. The van der Waals surface area contributed by atoms with E-state index in [1.54, 1.807) is 0 Å². The Morgan fingerprint density at radius 1 is 0.846 bits per heavy atom. The quantitative estimate of drug-likeness (QED) is 0.313. The number of rotatable bonds is 9. The third kappa shape index (κ3) is 12.1. The van der Waals surface area contributed by atoms with Gasteiger partial charge in [-0.25, -0.2) is 0 Å². The summed E-state index contributed by atoms with van der Waals surface area (Å²) in [5.74, 6) is 1.03. The number of thiol groups is 1. The van der Waals surface area contributed by atoms with Gasteiger partial charge in [0.25, 0.3) is 0 Å². The second kappa shape index (κ2) is 12.1. The van der Waals surface area contributed by atoms with E-state index >= 15 is 0 Å². The summed E-state index contributed by atoms with van der Waals surface area (Å²) in [6.07, 6.45) is 15.3. The van der Waals surface area contributed by atoms with Gasteiger partial charge in [-0.05, 0) is 37.9 Å². The fourth-order valence-electron chi connectivity index (χ4n) is 1.30. The van der Waals surface area contributed by atoms with Gasteiger partial charge in [0.2, 0.25) is 0 Å². The molecule has 1 heteroatoms. The number of allylic oxidation sites excluding steroid dienone is 2. The summed E-state index contributed by atoms with van der Waals surface area (Å²) >= 11 is 4.18. The van der Waals surface area contributed by atoms with Gasteiger partial charge in [0.05, 0.1) is 0 Å². The first-order valence-electron chi connectivity index (χ1n) is 5.67. The van der Waals surface area contributed by atoms with Gasteiger partial charge in [-0.3, -0.25) is 0 Å². The monoisotopic (exact) mass is 200 g/mol. The van der Waals surface area contributed by atoms with Crippen molar-refractivity contribution in [2.24, 2.45) is 0 Å². The van der Waals surface area contributed by atoms with E-state index in [4.69, 9.17) is 0 Å². The van der Waals surface area contributed by atoms with Crippen molar-refractivity contribution in [2.75, 3.05) is 5.75 Å². The first kappa shape index (κ1) is 13.1. The van der Waals surface area contributed by atoms with Crippen molar-refractivity contribution in [1.29, 1.82) is 0 Å². The molecule has 0 aliphatic carbocycles. The molecule has 13 heavy (non-hydrogen) atoms. The van der Waals surface area contributed by atoms with Crippen molar-refractivity contribution >= 4 is 12.6 Å². The Hall–Kier alpha value is 0.0900. The molecule has 0 radical (unpaired) electrons. The van der Waals surface area contributed by atoms with Crippen molar-refractivity contribution in [3.63, 3.8) is 0 Å². The lowest BCUT2D eigenvalue weighted by Gasteiger charge is -1.94. The Kier molecular flexibility index (Phi) is 12.2. The van der Waals surface area contributed by atoms with Gasteiger partial charge < -0.3 is 0 Å². The zero-order valence-electron chi connectivity index (χ0n) is 8.97. The van der Waals surface area contributed by atoms with Crippen molar-refractivity contribution in [3.05, 3.63) is 12.2 Å². The highest BCUT2D eigenvalue weighted by Crippen LogP contribution is 2.04. The largest absolute Gasteiger partial charge is 0.179 e. The van der Waals surface area contributed by atoms with E-state index in [9.17, 15) is 0 Å². The number of hydrogen-bond acceptors (Lipinski definition) is 1. The van der Waals surface area contributed by atoms with Crippen molar-refractivity contribution in [3.8, 4) is 0 Å². The summed E-state index contributed by atoms with van der Waals surface area (Å²) in [5.41, 5.74) is 0. The van der Waals surface area contributed by atoms with E-state index in [1.807, 2.05) is 0 Å². The van der Waals surface area contributed by atoms with Crippen LogP contribution >= 0.6 is 12.6 Å².